The molecular weight excluding hydrogens is 232 g/mol. The first-order chi connectivity index (χ1) is 7.42. The van der Waals surface area contributed by atoms with Crippen molar-refractivity contribution in [3.63, 3.8) is 0 Å². The molecule has 0 aliphatic heterocycles. The number of sulfone groups is 1. The summed E-state index contributed by atoms with van der Waals surface area (Å²) in [4.78, 5) is 11.2. The van der Waals surface area contributed by atoms with Crippen molar-refractivity contribution < 1.29 is 23.1 Å². The number of carbonyl (C=O) groups is 1. The van der Waals surface area contributed by atoms with Crippen molar-refractivity contribution in [2.45, 2.75) is 11.8 Å². The van der Waals surface area contributed by atoms with Crippen LogP contribution in [0, 0.1) is 0 Å². The summed E-state index contributed by atoms with van der Waals surface area (Å²) in [5.74, 6) is -1.15. The summed E-state index contributed by atoms with van der Waals surface area (Å²) in [5, 5.41) is 9.38. The largest absolute Gasteiger partial charge is 0.507 e. The Bertz CT molecular complexity index is 504. The molecule has 0 radical (unpaired) electrons. The number of ether oxygens (including phenoxy) is 1. The lowest BCUT2D eigenvalue weighted by Gasteiger charge is -2.05. The highest BCUT2D eigenvalue weighted by Gasteiger charge is 2.17. The maximum absolute atomic E-state index is 11.5. The van der Waals surface area contributed by atoms with E-state index in [4.69, 9.17) is 0 Å². The van der Waals surface area contributed by atoms with Crippen LogP contribution in [0.15, 0.2) is 23.1 Å². The lowest BCUT2D eigenvalue weighted by molar-refractivity contribution is 0.0597. The molecule has 0 atom stereocenters. The Morgan fingerprint density at radius 3 is 2.56 bits per heavy atom. The van der Waals surface area contributed by atoms with E-state index in [0.717, 1.165) is 19.2 Å². The normalized spacial score (nSPS) is 11.1. The molecule has 16 heavy (non-hydrogen) atoms. The Balaban J connectivity index is 3.34. The predicted molar refractivity (Wildman–Crippen MR) is 57.2 cm³/mol. The van der Waals surface area contributed by atoms with Crippen LogP contribution in [0.3, 0.4) is 0 Å². The monoisotopic (exact) mass is 244 g/mol. The Morgan fingerprint density at radius 2 is 2.06 bits per heavy atom. The van der Waals surface area contributed by atoms with Crippen LogP contribution in [0.5, 0.6) is 5.75 Å². The summed E-state index contributed by atoms with van der Waals surface area (Å²) in [6.07, 6.45) is 0. The quantitative estimate of drug-likeness (QED) is 0.801. The van der Waals surface area contributed by atoms with E-state index < -0.39 is 15.8 Å². The van der Waals surface area contributed by atoms with Crippen molar-refractivity contribution in [1.82, 2.24) is 0 Å². The lowest BCUT2D eigenvalue weighted by atomic mass is 10.2. The molecule has 0 fully saturated rings. The van der Waals surface area contributed by atoms with Crippen molar-refractivity contribution in [1.29, 1.82) is 0 Å². The van der Waals surface area contributed by atoms with Gasteiger partial charge in [0.05, 0.1) is 17.8 Å². The zero-order valence-electron chi connectivity index (χ0n) is 8.93. The van der Waals surface area contributed by atoms with Crippen molar-refractivity contribution in [3.05, 3.63) is 23.8 Å². The molecule has 0 aliphatic carbocycles. The SMILES string of the molecule is CCS(=O)(=O)c1ccc(O)c(C(=O)OC)c1. The third-order valence-electron chi connectivity index (χ3n) is 2.11. The summed E-state index contributed by atoms with van der Waals surface area (Å²) in [6.45, 7) is 1.50. The Morgan fingerprint density at radius 1 is 1.44 bits per heavy atom. The number of hydrogen-bond acceptors (Lipinski definition) is 5. The minimum absolute atomic E-state index is 0.00630. The molecule has 88 valence electrons. The van der Waals surface area contributed by atoms with Crippen molar-refractivity contribution in [3.8, 4) is 5.75 Å². The number of esters is 1. The number of benzene rings is 1. The molecule has 5 nitrogen and oxygen atoms in total. The number of rotatable bonds is 3. The predicted octanol–water partition coefficient (Wildman–Crippen LogP) is 0.972. The van der Waals surface area contributed by atoms with Gasteiger partial charge in [-0.05, 0) is 18.2 Å². The van der Waals surface area contributed by atoms with Crippen LogP contribution >= 0.6 is 0 Å². The molecular formula is C10H12O5S. The number of carbonyl (C=O) groups excluding carboxylic acids is 1. The summed E-state index contributed by atoms with van der Waals surface area (Å²) in [5.41, 5.74) is -0.156. The summed E-state index contributed by atoms with van der Waals surface area (Å²) >= 11 is 0. The van der Waals surface area contributed by atoms with E-state index in [9.17, 15) is 18.3 Å². The first kappa shape index (κ1) is 12.5. The van der Waals surface area contributed by atoms with Gasteiger partial charge in [0, 0.05) is 0 Å². The molecule has 0 aliphatic rings. The van der Waals surface area contributed by atoms with E-state index >= 15 is 0 Å². The maximum Gasteiger partial charge on any atom is 0.341 e. The molecule has 0 spiro atoms. The molecule has 1 aromatic rings. The topological polar surface area (TPSA) is 80.7 Å². The number of methoxy groups -OCH3 is 1. The van der Waals surface area contributed by atoms with Crippen molar-refractivity contribution in [2.75, 3.05) is 12.9 Å². The van der Waals surface area contributed by atoms with Gasteiger partial charge in [0.15, 0.2) is 9.84 Å². The standard InChI is InChI=1S/C10H12O5S/c1-3-16(13,14)7-4-5-9(11)8(6-7)10(12)15-2/h4-6,11H,3H2,1-2H3. The Labute approximate surface area is 93.6 Å². The molecule has 6 heteroatoms. The summed E-state index contributed by atoms with van der Waals surface area (Å²) in [6, 6.07) is 3.52. The van der Waals surface area contributed by atoms with Crippen LogP contribution in [0.4, 0.5) is 0 Å². The van der Waals surface area contributed by atoms with E-state index in [-0.39, 0.29) is 22.0 Å². The van der Waals surface area contributed by atoms with E-state index in [1.165, 1.54) is 13.0 Å². The minimum Gasteiger partial charge on any atom is -0.507 e. The highest BCUT2D eigenvalue weighted by molar-refractivity contribution is 7.91. The molecule has 1 rings (SSSR count). The fourth-order valence-corrected chi connectivity index (χ4v) is 2.05. The Hall–Kier alpha value is -1.56. The second-order valence-corrected chi connectivity index (χ2v) is 5.35. The van der Waals surface area contributed by atoms with Gasteiger partial charge in [0.2, 0.25) is 0 Å². The third-order valence-corrected chi connectivity index (χ3v) is 3.84. The maximum atomic E-state index is 11.5. The zero-order valence-corrected chi connectivity index (χ0v) is 9.74. The summed E-state index contributed by atoms with van der Waals surface area (Å²) < 4.78 is 27.5. The van der Waals surface area contributed by atoms with Crippen LogP contribution in [0.1, 0.15) is 17.3 Å². The van der Waals surface area contributed by atoms with Crippen molar-refractivity contribution >= 4 is 15.8 Å². The molecule has 0 amide bonds. The molecule has 1 aromatic carbocycles. The molecule has 0 bridgehead atoms. The third kappa shape index (κ3) is 2.33. The van der Waals surface area contributed by atoms with Gasteiger partial charge in [0.25, 0.3) is 0 Å². The fourth-order valence-electron chi connectivity index (χ4n) is 1.15. The van der Waals surface area contributed by atoms with Crippen LogP contribution in [0.25, 0.3) is 0 Å². The smallest absolute Gasteiger partial charge is 0.341 e. The molecule has 0 saturated heterocycles. The highest BCUT2D eigenvalue weighted by atomic mass is 32.2. The van der Waals surface area contributed by atoms with Gasteiger partial charge in [-0.2, -0.15) is 0 Å². The second kappa shape index (κ2) is 4.52. The van der Waals surface area contributed by atoms with Gasteiger partial charge in [0.1, 0.15) is 11.3 Å². The fraction of sp³-hybridized carbons (Fsp3) is 0.300. The average Bonchev–Trinajstić information content (AvgIpc) is 2.28. The first-order valence-corrected chi connectivity index (χ1v) is 6.21. The van der Waals surface area contributed by atoms with E-state index in [1.807, 2.05) is 0 Å². The van der Waals surface area contributed by atoms with Crippen LogP contribution in [-0.4, -0.2) is 32.4 Å². The number of hydrogen-bond donors (Lipinski definition) is 1. The van der Waals surface area contributed by atoms with Gasteiger partial charge in [-0.3, -0.25) is 0 Å². The Kier molecular flexibility index (Phi) is 3.54. The van der Waals surface area contributed by atoms with E-state index in [1.54, 1.807) is 0 Å². The molecule has 0 aromatic heterocycles. The van der Waals surface area contributed by atoms with Crippen LogP contribution in [-0.2, 0) is 14.6 Å². The zero-order chi connectivity index (χ0) is 12.3. The number of phenolic OH excluding ortho intramolecular Hbond substituents is 1. The molecule has 0 unspecified atom stereocenters. The highest BCUT2D eigenvalue weighted by Crippen LogP contribution is 2.22. The minimum atomic E-state index is -3.40. The van der Waals surface area contributed by atoms with Gasteiger partial charge in [-0.15, -0.1) is 0 Å². The van der Waals surface area contributed by atoms with E-state index in [0.29, 0.717) is 0 Å². The average molecular weight is 244 g/mol. The molecule has 1 N–H and O–H groups in total. The molecule has 0 heterocycles. The van der Waals surface area contributed by atoms with Crippen molar-refractivity contribution in [2.24, 2.45) is 0 Å². The van der Waals surface area contributed by atoms with E-state index in [2.05, 4.69) is 4.74 Å². The summed E-state index contributed by atoms with van der Waals surface area (Å²) in [7, 11) is -2.24. The lowest BCUT2D eigenvalue weighted by Crippen LogP contribution is -2.07. The first-order valence-electron chi connectivity index (χ1n) is 4.56. The van der Waals surface area contributed by atoms with Gasteiger partial charge in [-0.25, -0.2) is 13.2 Å². The van der Waals surface area contributed by atoms with Gasteiger partial charge in [-0.1, -0.05) is 6.92 Å². The van der Waals surface area contributed by atoms with Gasteiger partial charge < -0.3 is 9.84 Å². The number of aromatic hydroxyl groups is 1. The second-order valence-electron chi connectivity index (χ2n) is 3.07. The molecule has 0 saturated carbocycles. The van der Waals surface area contributed by atoms with Crippen LogP contribution in [0.2, 0.25) is 0 Å². The van der Waals surface area contributed by atoms with Crippen LogP contribution < -0.4 is 0 Å². The van der Waals surface area contributed by atoms with Gasteiger partial charge >= 0.3 is 5.97 Å². The number of phenols is 1.